The summed E-state index contributed by atoms with van der Waals surface area (Å²) in [6.07, 6.45) is 45.4. The van der Waals surface area contributed by atoms with Gasteiger partial charge in [0.15, 0.2) is 5.75 Å². The lowest BCUT2D eigenvalue weighted by atomic mass is 10.0. The fraction of sp³-hybridized carbons (Fsp3) is 0.606. The smallest absolute Gasteiger partial charge is 0.343 e. The van der Waals surface area contributed by atoms with Gasteiger partial charge in [0.05, 0.1) is 36.8 Å². The van der Waals surface area contributed by atoms with E-state index in [1.165, 1.54) is 193 Å². The maximum Gasteiger partial charge on any atom is 0.343 e. The van der Waals surface area contributed by atoms with Gasteiger partial charge in [-0.25, -0.2) is 4.79 Å². The van der Waals surface area contributed by atoms with Gasteiger partial charge in [0.2, 0.25) is 0 Å². The van der Waals surface area contributed by atoms with Crippen LogP contribution in [0.2, 0.25) is 0 Å². The number of aromatic hydroxyl groups is 1. The Kier molecular flexibility index (Phi) is 34.9. The lowest BCUT2D eigenvalue weighted by Crippen LogP contribution is -2.08. The van der Waals surface area contributed by atoms with E-state index < -0.39 is 5.97 Å². The molecule has 414 valence electrons. The van der Waals surface area contributed by atoms with Crippen molar-refractivity contribution in [2.24, 2.45) is 15.2 Å². The third kappa shape index (κ3) is 29.6. The Labute approximate surface area is 455 Å². The van der Waals surface area contributed by atoms with Crippen LogP contribution in [0.5, 0.6) is 28.7 Å². The minimum atomic E-state index is -0.456. The number of hydrogen-bond donors (Lipinski definition) is 1. The molecule has 0 heterocycles. The molecule has 0 spiro atoms. The number of rotatable bonds is 46. The highest BCUT2D eigenvalue weighted by Gasteiger charge is 2.13. The third-order valence-corrected chi connectivity index (χ3v) is 14.0. The van der Waals surface area contributed by atoms with Crippen LogP contribution in [0, 0.1) is 0 Å². The summed E-state index contributed by atoms with van der Waals surface area (Å²) in [5.74, 6) is 1.96. The molecule has 0 aliphatic rings. The first kappa shape index (κ1) is 62.4. The minimum absolute atomic E-state index is 0.126. The second-order valence-corrected chi connectivity index (χ2v) is 20.7. The fourth-order valence-electron chi connectivity index (χ4n) is 9.23. The fourth-order valence-corrected chi connectivity index (χ4v) is 9.23. The Balaban J connectivity index is 1.23. The Morgan fingerprint density at radius 2 is 0.813 bits per heavy atom. The quantitative estimate of drug-likeness (QED) is 0.0155. The average Bonchev–Trinajstić information content (AvgIpc) is 3.42. The standard InChI is InChI=1S/C66H99N3O6/c1-4-7-10-13-16-19-22-23-24-25-28-29-32-35-50-72-60-45-38-56(39-46-60)66(71)75-62-48-49-63(65(54-62)74-52-37-34-31-27-21-18-15-12-9-6-3)69-68-59-43-41-58(42-44-59)67-55-57-40-47-61(53-64(57)70)73-51-36-33-30-26-20-17-14-11-8-5-2/h38-49,53-55,70H,4-37,50-52H2,1-3H3. The van der Waals surface area contributed by atoms with Gasteiger partial charge in [0.1, 0.15) is 28.7 Å². The molecule has 0 saturated carbocycles. The summed E-state index contributed by atoms with van der Waals surface area (Å²) in [6, 6.07) is 25.2. The first-order valence-corrected chi connectivity index (χ1v) is 30.2. The number of carbonyl (C=O) groups is 1. The van der Waals surface area contributed by atoms with Gasteiger partial charge in [-0.05, 0) is 92.1 Å². The third-order valence-electron chi connectivity index (χ3n) is 14.0. The van der Waals surface area contributed by atoms with Crippen LogP contribution in [0.15, 0.2) is 100 Å². The molecular weight excluding hydrogens is 931 g/mol. The molecule has 0 aliphatic heterocycles. The Bertz CT molecular complexity index is 2100. The van der Waals surface area contributed by atoms with Crippen molar-refractivity contribution in [1.82, 2.24) is 0 Å². The van der Waals surface area contributed by atoms with Crippen molar-refractivity contribution >= 4 is 29.2 Å². The summed E-state index contributed by atoms with van der Waals surface area (Å²) in [6.45, 7) is 8.64. The van der Waals surface area contributed by atoms with Crippen LogP contribution in [0.25, 0.3) is 0 Å². The Morgan fingerprint density at radius 1 is 0.413 bits per heavy atom. The Morgan fingerprint density at radius 3 is 1.28 bits per heavy atom. The maximum atomic E-state index is 13.3. The number of benzene rings is 4. The minimum Gasteiger partial charge on any atom is -0.507 e. The molecule has 0 aliphatic carbocycles. The lowest BCUT2D eigenvalue weighted by Gasteiger charge is -2.11. The molecule has 9 heteroatoms. The summed E-state index contributed by atoms with van der Waals surface area (Å²) >= 11 is 0. The van der Waals surface area contributed by atoms with Crippen molar-refractivity contribution in [2.45, 2.75) is 239 Å². The molecule has 0 radical (unpaired) electrons. The van der Waals surface area contributed by atoms with Gasteiger partial charge in [0, 0.05) is 23.9 Å². The molecule has 4 rings (SSSR count). The average molecular weight is 1030 g/mol. The molecule has 0 bridgehead atoms. The molecule has 0 aromatic heterocycles. The van der Waals surface area contributed by atoms with E-state index in [0.29, 0.717) is 65.3 Å². The predicted molar refractivity (Wildman–Crippen MR) is 314 cm³/mol. The lowest BCUT2D eigenvalue weighted by molar-refractivity contribution is 0.0734. The van der Waals surface area contributed by atoms with Gasteiger partial charge in [-0.15, -0.1) is 5.11 Å². The van der Waals surface area contributed by atoms with Crippen LogP contribution < -0.4 is 18.9 Å². The second kappa shape index (κ2) is 42.0. The van der Waals surface area contributed by atoms with Gasteiger partial charge >= 0.3 is 5.97 Å². The summed E-state index contributed by atoms with van der Waals surface area (Å²) in [4.78, 5) is 17.9. The SMILES string of the molecule is CCCCCCCCCCCCCCCCOc1ccc(C(=O)Oc2ccc(N=Nc3ccc(N=Cc4ccc(OCCCCCCCCCCCC)cc4O)cc3)c(OCCCCCCCCCCCC)c2)cc1. The number of unbranched alkanes of at least 4 members (excludes halogenated alkanes) is 31. The van der Waals surface area contributed by atoms with Crippen molar-refractivity contribution in [3.8, 4) is 28.7 Å². The van der Waals surface area contributed by atoms with E-state index in [0.717, 1.165) is 31.4 Å². The number of hydrogen-bond acceptors (Lipinski definition) is 9. The highest BCUT2D eigenvalue weighted by molar-refractivity contribution is 5.91. The zero-order valence-corrected chi connectivity index (χ0v) is 47.2. The molecule has 0 unspecified atom stereocenters. The molecule has 75 heavy (non-hydrogen) atoms. The summed E-state index contributed by atoms with van der Waals surface area (Å²) in [5, 5.41) is 19.8. The maximum absolute atomic E-state index is 13.3. The van der Waals surface area contributed by atoms with E-state index in [1.807, 2.05) is 48.5 Å². The molecule has 1 N–H and O–H groups in total. The first-order valence-electron chi connectivity index (χ1n) is 30.2. The van der Waals surface area contributed by atoms with Crippen molar-refractivity contribution in [3.05, 3.63) is 96.1 Å². The van der Waals surface area contributed by atoms with Crippen LogP contribution >= 0.6 is 0 Å². The van der Waals surface area contributed by atoms with Crippen molar-refractivity contribution in [1.29, 1.82) is 0 Å². The Hall–Kier alpha value is -5.18. The summed E-state index contributed by atoms with van der Waals surface area (Å²) in [5.41, 5.74) is 2.94. The summed E-state index contributed by atoms with van der Waals surface area (Å²) < 4.78 is 24.1. The van der Waals surface area contributed by atoms with Gasteiger partial charge in [0.25, 0.3) is 0 Å². The van der Waals surface area contributed by atoms with Gasteiger partial charge < -0.3 is 24.1 Å². The van der Waals surface area contributed by atoms with Crippen LogP contribution in [0.4, 0.5) is 17.1 Å². The van der Waals surface area contributed by atoms with Crippen molar-refractivity contribution in [2.75, 3.05) is 19.8 Å². The van der Waals surface area contributed by atoms with Crippen molar-refractivity contribution < 1.29 is 28.8 Å². The zero-order valence-electron chi connectivity index (χ0n) is 47.2. The van der Waals surface area contributed by atoms with Crippen LogP contribution in [0.3, 0.4) is 0 Å². The van der Waals surface area contributed by atoms with Crippen molar-refractivity contribution in [3.63, 3.8) is 0 Å². The van der Waals surface area contributed by atoms with E-state index in [1.54, 1.807) is 42.6 Å². The number of phenolic OH excluding ortho intramolecular Hbond substituents is 1. The second-order valence-electron chi connectivity index (χ2n) is 20.7. The number of nitrogens with zero attached hydrogens (tertiary/aromatic N) is 3. The molecule has 0 amide bonds. The van der Waals surface area contributed by atoms with Crippen LogP contribution in [0.1, 0.15) is 255 Å². The molecule has 0 saturated heterocycles. The van der Waals surface area contributed by atoms with Crippen LogP contribution in [-0.4, -0.2) is 37.1 Å². The van der Waals surface area contributed by atoms with Crippen LogP contribution in [-0.2, 0) is 0 Å². The zero-order chi connectivity index (χ0) is 53.1. The highest BCUT2D eigenvalue weighted by atomic mass is 16.5. The predicted octanol–water partition coefficient (Wildman–Crippen LogP) is 21.2. The van der Waals surface area contributed by atoms with Gasteiger partial charge in [-0.1, -0.05) is 220 Å². The van der Waals surface area contributed by atoms with E-state index >= 15 is 0 Å². The highest BCUT2D eigenvalue weighted by Crippen LogP contribution is 2.34. The van der Waals surface area contributed by atoms with E-state index in [2.05, 4.69) is 36.0 Å². The topological polar surface area (TPSA) is 111 Å². The van der Waals surface area contributed by atoms with E-state index in [9.17, 15) is 9.90 Å². The number of ether oxygens (including phenoxy) is 4. The number of carbonyl (C=O) groups excluding carboxylic acids is 1. The molecule has 0 atom stereocenters. The molecule has 9 nitrogen and oxygen atoms in total. The van der Waals surface area contributed by atoms with Gasteiger partial charge in [-0.2, -0.15) is 5.11 Å². The van der Waals surface area contributed by atoms with E-state index in [4.69, 9.17) is 18.9 Å². The largest absolute Gasteiger partial charge is 0.507 e. The molecule has 0 fully saturated rings. The molecular formula is C66H99N3O6. The number of phenols is 1. The number of esters is 1. The normalized spacial score (nSPS) is 11.5. The van der Waals surface area contributed by atoms with E-state index in [-0.39, 0.29) is 5.75 Å². The van der Waals surface area contributed by atoms with Gasteiger partial charge in [-0.3, -0.25) is 4.99 Å². The molecule has 4 aromatic carbocycles. The number of aliphatic imine (C=N–C) groups is 1. The summed E-state index contributed by atoms with van der Waals surface area (Å²) in [7, 11) is 0. The number of azo groups is 1. The monoisotopic (exact) mass is 1030 g/mol. The molecule has 4 aromatic rings. The first-order chi connectivity index (χ1) is 37.0.